The summed E-state index contributed by atoms with van der Waals surface area (Å²) in [4.78, 5) is 25.0. The Kier molecular flexibility index (Phi) is 5.03. The molecular weight excluding hydrogens is 238 g/mol. The molecule has 5 heteroatoms. The molecular formula is C12H15NO3S. The predicted molar refractivity (Wildman–Crippen MR) is 66.7 cm³/mol. The van der Waals surface area contributed by atoms with Gasteiger partial charge >= 0.3 is 11.9 Å². The van der Waals surface area contributed by atoms with Gasteiger partial charge in [-0.25, -0.2) is 4.79 Å². The van der Waals surface area contributed by atoms with E-state index in [-0.39, 0.29) is 0 Å². The van der Waals surface area contributed by atoms with Crippen molar-refractivity contribution in [3.63, 3.8) is 0 Å². The van der Waals surface area contributed by atoms with Gasteiger partial charge in [0.2, 0.25) is 0 Å². The number of nitrogens with zero attached hydrogens (tertiary/aromatic N) is 1. The number of rotatable bonds is 3. The van der Waals surface area contributed by atoms with Crippen molar-refractivity contribution in [2.75, 3.05) is 20.4 Å². The number of hydrogen-bond acceptors (Lipinski definition) is 4. The molecule has 0 unspecified atom stereocenters. The summed E-state index contributed by atoms with van der Waals surface area (Å²) in [5, 5.41) is 0. The molecule has 0 aliphatic heterocycles. The summed E-state index contributed by atoms with van der Waals surface area (Å²) >= 11 is 1.66. The standard InChI is InChI=1S/C12H15NO3S/c1-13(11(14)12(15)16-2)8-9-4-6-10(17-3)7-5-9/h4-7H,8H2,1-3H3. The molecule has 0 aliphatic rings. The van der Waals surface area contributed by atoms with E-state index in [1.54, 1.807) is 18.8 Å². The van der Waals surface area contributed by atoms with Gasteiger partial charge in [0, 0.05) is 18.5 Å². The average Bonchev–Trinajstić information content (AvgIpc) is 2.37. The minimum absolute atomic E-state index is 0.391. The monoisotopic (exact) mass is 253 g/mol. The van der Waals surface area contributed by atoms with Crippen LogP contribution in [0.2, 0.25) is 0 Å². The zero-order valence-electron chi connectivity index (χ0n) is 10.1. The molecule has 0 spiro atoms. The van der Waals surface area contributed by atoms with Crippen molar-refractivity contribution in [2.24, 2.45) is 0 Å². The van der Waals surface area contributed by atoms with E-state index in [1.165, 1.54) is 12.0 Å². The third kappa shape index (κ3) is 3.78. The first-order valence-corrected chi connectivity index (χ1v) is 6.27. The van der Waals surface area contributed by atoms with Crippen LogP contribution in [0.5, 0.6) is 0 Å². The van der Waals surface area contributed by atoms with Crippen LogP contribution in [0, 0.1) is 0 Å². The number of likely N-dealkylation sites (N-methyl/N-ethyl adjacent to an activating group) is 1. The lowest BCUT2D eigenvalue weighted by Gasteiger charge is -2.15. The summed E-state index contributed by atoms with van der Waals surface area (Å²) in [5.41, 5.74) is 0.975. The van der Waals surface area contributed by atoms with Crippen molar-refractivity contribution in [1.29, 1.82) is 0 Å². The first-order valence-electron chi connectivity index (χ1n) is 5.04. The maximum Gasteiger partial charge on any atom is 0.396 e. The number of ether oxygens (including phenoxy) is 1. The van der Waals surface area contributed by atoms with Gasteiger partial charge in [0.15, 0.2) is 0 Å². The second-order valence-electron chi connectivity index (χ2n) is 3.50. The van der Waals surface area contributed by atoms with Crippen molar-refractivity contribution in [2.45, 2.75) is 11.4 Å². The Balaban J connectivity index is 2.64. The minimum atomic E-state index is -0.840. The molecule has 0 aromatic heterocycles. The quantitative estimate of drug-likeness (QED) is 0.466. The molecule has 0 N–H and O–H groups in total. The van der Waals surface area contributed by atoms with Gasteiger partial charge in [0.25, 0.3) is 0 Å². The van der Waals surface area contributed by atoms with Crippen LogP contribution in [-0.2, 0) is 20.9 Å². The van der Waals surface area contributed by atoms with Crippen LogP contribution in [0.1, 0.15) is 5.56 Å². The topological polar surface area (TPSA) is 46.6 Å². The van der Waals surface area contributed by atoms with E-state index in [9.17, 15) is 9.59 Å². The number of thioether (sulfide) groups is 1. The van der Waals surface area contributed by atoms with Gasteiger partial charge in [-0.05, 0) is 24.0 Å². The Morgan fingerprint density at radius 2 is 1.88 bits per heavy atom. The largest absolute Gasteiger partial charge is 0.462 e. The molecule has 17 heavy (non-hydrogen) atoms. The molecule has 1 aromatic rings. The number of esters is 1. The molecule has 1 amide bonds. The van der Waals surface area contributed by atoms with Gasteiger partial charge in [-0.15, -0.1) is 11.8 Å². The summed E-state index contributed by atoms with van der Waals surface area (Å²) in [6, 6.07) is 7.84. The van der Waals surface area contributed by atoms with E-state index < -0.39 is 11.9 Å². The Hall–Kier alpha value is -1.49. The Morgan fingerprint density at radius 1 is 1.29 bits per heavy atom. The van der Waals surface area contributed by atoms with Crippen LogP contribution in [0.4, 0.5) is 0 Å². The van der Waals surface area contributed by atoms with Gasteiger partial charge < -0.3 is 9.64 Å². The van der Waals surface area contributed by atoms with Crippen LogP contribution in [0.25, 0.3) is 0 Å². The summed E-state index contributed by atoms with van der Waals surface area (Å²) in [7, 11) is 2.77. The lowest BCUT2D eigenvalue weighted by atomic mass is 10.2. The van der Waals surface area contributed by atoms with E-state index >= 15 is 0 Å². The van der Waals surface area contributed by atoms with Crippen LogP contribution in [0.3, 0.4) is 0 Å². The maximum atomic E-state index is 11.4. The number of methoxy groups -OCH3 is 1. The van der Waals surface area contributed by atoms with Crippen LogP contribution >= 0.6 is 11.8 Å². The lowest BCUT2D eigenvalue weighted by molar-refractivity contribution is -0.157. The molecule has 1 aromatic carbocycles. The molecule has 0 heterocycles. The van der Waals surface area contributed by atoms with Gasteiger partial charge in [-0.2, -0.15) is 0 Å². The zero-order chi connectivity index (χ0) is 12.8. The third-order valence-corrected chi connectivity index (χ3v) is 3.03. The number of hydrogen-bond donors (Lipinski definition) is 0. The summed E-state index contributed by atoms with van der Waals surface area (Å²) in [5.74, 6) is -1.48. The Morgan fingerprint density at radius 3 is 2.35 bits per heavy atom. The normalized spacial score (nSPS) is 9.82. The first-order chi connectivity index (χ1) is 8.08. The zero-order valence-corrected chi connectivity index (χ0v) is 10.9. The lowest BCUT2D eigenvalue weighted by Crippen LogP contribution is -2.33. The number of carbonyl (C=O) groups excluding carboxylic acids is 2. The average molecular weight is 253 g/mol. The highest BCUT2D eigenvalue weighted by atomic mass is 32.2. The molecule has 92 valence electrons. The molecule has 0 radical (unpaired) electrons. The summed E-state index contributed by atoms with van der Waals surface area (Å²) in [6.07, 6.45) is 2.00. The Labute approximate surface area is 105 Å². The molecule has 1 rings (SSSR count). The van der Waals surface area contributed by atoms with Gasteiger partial charge in [-0.3, -0.25) is 4.79 Å². The number of amides is 1. The smallest absolute Gasteiger partial charge is 0.396 e. The second kappa shape index (κ2) is 6.30. The number of carbonyl (C=O) groups is 2. The highest BCUT2D eigenvalue weighted by molar-refractivity contribution is 7.98. The fourth-order valence-electron chi connectivity index (χ4n) is 1.32. The fourth-order valence-corrected chi connectivity index (χ4v) is 1.73. The van der Waals surface area contributed by atoms with E-state index in [2.05, 4.69) is 4.74 Å². The molecule has 0 bridgehead atoms. The number of benzene rings is 1. The van der Waals surface area contributed by atoms with Gasteiger partial charge in [0.1, 0.15) is 0 Å². The SMILES string of the molecule is COC(=O)C(=O)N(C)Cc1ccc(SC)cc1. The highest BCUT2D eigenvalue weighted by Crippen LogP contribution is 2.15. The van der Waals surface area contributed by atoms with Crippen molar-refractivity contribution in [3.8, 4) is 0 Å². The predicted octanol–water partition coefficient (Wildman–Crippen LogP) is 1.54. The molecule has 0 saturated heterocycles. The summed E-state index contributed by atoms with van der Waals surface area (Å²) in [6.45, 7) is 0.391. The summed E-state index contributed by atoms with van der Waals surface area (Å²) < 4.78 is 4.37. The van der Waals surface area contributed by atoms with Gasteiger partial charge in [-0.1, -0.05) is 12.1 Å². The fraction of sp³-hybridized carbons (Fsp3) is 0.333. The van der Waals surface area contributed by atoms with Crippen LogP contribution < -0.4 is 0 Å². The molecule has 0 atom stereocenters. The van der Waals surface area contributed by atoms with Crippen LogP contribution in [-0.4, -0.2) is 37.2 Å². The van der Waals surface area contributed by atoms with E-state index in [4.69, 9.17) is 0 Å². The third-order valence-electron chi connectivity index (χ3n) is 2.29. The molecule has 4 nitrogen and oxygen atoms in total. The Bertz CT molecular complexity index is 403. The molecule has 0 fully saturated rings. The van der Waals surface area contributed by atoms with Crippen molar-refractivity contribution in [3.05, 3.63) is 29.8 Å². The van der Waals surface area contributed by atoms with Crippen LogP contribution in [0.15, 0.2) is 29.2 Å². The molecule has 0 saturated carbocycles. The first kappa shape index (κ1) is 13.6. The van der Waals surface area contributed by atoms with Crippen molar-refractivity contribution in [1.82, 2.24) is 4.90 Å². The van der Waals surface area contributed by atoms with E-state index in [0.29, 0.717) is 6.54 Å². The van der Waals surface area contributed by atoms with E-state index in [1.807, 2.05) is 30.5 Å². The van der Waals surface area contributed by atoms with Gasteiger partial charge in [0.05, 0.1) is 7.11 Å². The minimum Gasteiger partial charge on any atom is -0.462 e. The molecule has 0 aliphatic carbocycles. The van der Waals surface area contributed by atoms with E-state index in [0.717, 1.165) is 10.5 Å². The maximum absolute atomic E-state index is 11.4. The van der Waals surface area contributed by atoms with Crippen molar-refractivity contribution >= 4 is 23.6 Å². The van der Waals surface area contributed by atoms with Crippen molar-refractivity contribution < 1.29 is 14.3 Å². The highest BCUT2D eigenvalue weighted by Gasteiger charge is 2.18. The second-order valence-corrected chi connectivity index (χ2v) is 4.38.